The van der Waals surface area contributed by atoms with Crippen molar-refractivity contribution in [2.75, 3.05) is 89.0 Å². The minimum atomic E-state index is -2.86. The van der Waals surface area contributed by atoms with Crippen LogP contribution in [0.25, 0.3) is 0 Å². The number of aromatic nitrogens is 2. The molecular formula is C47H56F2N10O7. The molecule has 0 saturated carbocycles. The van der Waals surface area contributed by atoms with Gasteiger partial charge in [0.2, 0.25) is 11.8 Å². The van der Waals surface area contributed by atoms with Crippen LogP contribution in [0.15, 0.2) is 30.3 Å². The molecule has 7 aliphatic rings. The van der Waals surface area contributed by atoms with E-state index in [4.69, 9.17) is 9.84 Å². The first-order chi connectivity index (χ1) is 32.0. The third kappa shape index (κ3) is 8.07. The number of carbonyl (C=O) groups excluding carboxylic acids is 6. The molecule has 10 rings (SSSR count). The average molecular weight is 911 g/mol. The number of carbonyl (C=O) groups is 6. The second-order valence-corrected chi connectivity index (χ2v) is 18.6. The third-order valence-corrected chi connectivity index (χ3v) is 14.8. The Labute approximate surface area is 381 Å². The lowest BCUT2D eigenvalue weighted by atomic mass is 9.92. The van der Waals surface area contributed by atoms with Crippen LogP contribution < -0.4 is 20.4 Å². The van der Waals surface area contributed by atoms with E-state index in [1.165, 1.54) is 6.07 Å². The number of aryl methyl sites for hydroxylation is 1. The van der Waals surface area contributed by atoms with Crippen LogP contribution in [0.1, 0.15) is 111 Å². The van der Waals surface area contributed by atoms with Crippen LogP contribution in [-0.4, -0.2) is 150 Å². The van der Waals surface area contributed by atoms with Crippen molar-refractivity contribution in [2.24, 2.45) is 5.92 Å². The van der Waals surface area contributed by atoms with Crippen molar-refractivity contribution < 1.29 is 42.3 Å². The minimum absolute atomic E-state index is 0.0574. The molecule has 0 spiro atoms. The van der Waals surface area contributed by atoms with Gasteiger partial charge >= 0.3 is 6.03 Å². The molecule has 4 fully saturated rings. The molecule has 0 aliphatic carbocycles. The fraction of sp³-hybridized carbons (Fsp3) is 0.553. The number of halogens is 2. The van der Waals surface area contributed by atoms with Crippen molar-refractivity contribution in [3.63, 3.8) is 0 Å². The highest BCUT2D eigenvalue weighted by atomic mass is 19.3. The molecule has 8 heterocycles. The number of piperidine rings is 2. The number of piperazine rings is 1. The van der Waals surface area contributed by atoms with E-state index in [2.05, 4.69) is 25.1 Å². The number of rotatable bonds is 8. The predicted octanol–water partition coefficient (Wildman–Crippen LogP) is 4.03. The number of benzene rings is 2. The normalized spacial score (nSPS) is 22.2. The molecule has 1 unspecified atom stereocenters. The van der Waals surface area contributed by atoms with Crippen LogP contribution in [0.4, 0.5) is 30.8 Å². The standard InChI is InChI=1S/C47H56F2N10O7/c1-50-47(65)56-16-10-37-36(27-56)42(52-59(37)30-11-21-66-22-12-30)57-13-2-3-29-23-34(33(41(48)49)25-39(29)57)44(62)55-14-8-28(9-15-55)26-53-17-19-54(20-18-53)31-4-5-32-35(24-31)46(64)58(45(32)63)38-6-7-40(60)51-43(38)61/h4-5,23-25,28,30,38,41H,2-3,6-22,26-27H2,1H3,(H,50,65)(H,51,60,61). The summed E-state index contributed by atoms with van der Waals surface area (Å²) < 4.78 is 37.9. The molecule has 0 bridgehead atoms. The van der Waals surface area contributed by atoms with Gasteiger partial charge in [0.25, 0.3) is 24.1 Å². The molecule has 2 aromatic carbocycles. The largest absolute Gasteiger partial charge is 0.381 e. The van der Waals surface area contributed by atoms with E-state index >= 15 is 8.78 Å². The molecular weight excluding hydrogens is 855 g/mol. The fourth-order valence-electron chi connectivity index (χ4n) is 11.1. The van der Waals surface area contributed by atoms with Gasteiger partial charge < -0.3 is 29.7 Å². The molecule has 66 heavy (non-hydrogen) atoms. The summed E-state index contributed by atoms with van der Waals surface area (Å²) in [6, 6.07) is 7.36. The second-order valence-electron chi connectivity index (χ2n) is 18.6. The Kier molecular flexibility index (Phi) is 12.0. The Morgan fingerprint density at radius 2 is 1.61 bits per heavy atom. The number of hydrogen-bond acceptors (Lipinski definition) is 11. The summed E-state index contributed by atoms with van der Waals surface area (Å²) >= 11 is 0. The van der Waals surface area contributed by atoms with Crippen LogP contribution in [0.5, 0.6) is 0 Å². The van der Waals surface area contributed by atoms with Crippen LogP contribution in [0.3, 0.4) is 0 Å². The number of nitrogens with zero attached hydrogens (tertiary/aromatic N) is 8. The number of urea groups is 1. The minimum Gasteiger partial charge on any atom is -0.381 e. The third-order valence-electron chi connectivity index (χ3n) is 14.8. The van der Waals surface area contributed by atoms with E-state index < -0.39 is 36.1 Å². The van der Waals surface area contributed by atoms with Gasteiger partial charge in [0, 0.05) is 126 Å². The number of nitrogens with one attached hydrogen (secondary N) is 2. The zero-order valence-corrected chi connectivity index (χ0v) is 37.2. The van der Waals surface area contributed by atoms with E-state index in [1.54, 1.807) is 35.0 Å². The van der Waals surface area contributed by atoms with Gasteiger partial charge in [-0.25, -0.2) is 13.6 Å². The van der Waals surface area contributed by atoms with E-state index in [-0.39, 0.29) is 53.1 Å². The monoisotopic (exact) mass is 910 g/mol. The number of imide groups is 2. The molecule has 350 valence electrons. The molecule has 7 amide bonds. The number of likely N-dealkylation sites (tertiary alicyclic amines) is 1. The summed E-state index contributed by atoms with van der Waals surface area (Å²) in [5.41, 5.74) is 4.60. The van der Waals surface area contributed by atoms with Crippen molar-refractivity contribution >= 4 is 52.8 Å². The van der Waals surface area contributed by atoms with Crippen LogP contribution in [0, 0.1) is 5.92 Å². The van der Waals surface area contributed by atoms with Gasteiger partial charge in [-0.05, 0) is 86.8 Å². The Bertz CT molecular complexity index is 2460. The number of hydrogen-bond donors (Lipinski definition) is 2. The fourth-order valence-corrected chi connectivity index (χ4v) is 11.1. The van der Waals surface area contributed by atoms with Gasteiger partial charge in [-0.15, -0.1) is 0 Å². The van der Waals surface area contributed by atoms with Gasteiger partial charge in [0.15, 0.2) is 5.82 Å². The maximum atomic E-state index is 15.1. The molecule has 2 N–H and O–H groups in total. The summed E-state index contributed by atoms with van der Waals surface area (Å²) in [6.07, 6.45) is 2.50. The lowest BCUT2D eigenvalue weighted by Gasteiger charge is -2.40. The topological polar surface area (TPSA) is 173 Å². The quantitative estimate of drug-likeness (QED) is 0.313. The molecule has 1 aromatic heterocycles. The highest BCUT2D eigenvalue weighted by Gasteiger charge is 2.45. The van der Waals surface area contributed by atoms with Crippen molar-refractivity contribution in [1.82, 2.24) is 40.0 Å². The first kappa shape index (κ1) is 43.9. The first-order valence-electron chi connectivity index (χ1n) is 23.5. The molecule has 3 aromatic rings. The van der Waals surface area contributed by atoms with Gasteiger partial charge in [0.05, 0.1) is 23.7 Å². The van der Waals surface area contributed by atoms with Crippen molar-refractivity contribution in [3.8, 4) is 0 Å². The Morgan fingerprint density at radius 3 is 2.33 bits per heavy atom. The summed E-state index contributed by atoms with van der Waals surface area (Å²) in [6.45, 7) is 7.54. The van der Waals surface area contributed by atoms with Gasteiger partial charge in [-0.3, -0.25) is 43.8 Å². The Morgan fingerprint density at radius 1 is 0.848 bits per heavy atom. The smallest absolute Gasteiger partial charge is 0.317 e. The van der Waals surface area contributed by atoms with Crippen molar-refractivity contribution in [3.05, 3.63) is 69.4 Å². The van der Waals surface area contributed by atoms with Crippen molar-refractivity contribution in [2.45, 2.75) is 82.8 Å². The zero-order chi connectivity index (χ0) is 45.8. The van der Waals surface area contributed by atoms with Crippen LogP contribution >= 0.6 is 0 Å². The van der Waals surface area contributed by atoms with E-state index in [9.17, 15) is 28.8 Å². The van der Waals surface area contributed by atoms with Crippen LogP contribution in [-0.2, 0) is 33.7 Å². The first-order valence-corrected chi connectivity index (χ1v) is 23.5. The van der Waals surface area contributed by atoms with E-state index in [1.807, 2.05) is 11.0 Å². The molecule has 1 atom stereocenters. The van der Waals surface area contributed by atoms with Gasteiger partial charge in [0.1, 0.15) is 6.04 Å². The molecule has 17 nitrogen and oxygen atoms in total. The highest BCUT2D eigenvalue weighted by Crippen LogP contribution is 2.42. The lowest BCUT2D eigenvalue weighted by molar-refractivity contribution is -0.136. The predicted molar refractivity (Wildman–Crippen MR) is 237 cm³/mol. The van der Waals surface area contributed by atoms with Gasteiger partial charge in [-0.1, -0.05) is 0 Å². The van der Waals surface area contributed by atoms with E-state index in [0.29, 0.717) is 89.3 Å². The van der Waals surface area contributed by atoms with Crippen LogP contribution in [0.2, 0.25) is 0 Å². The van der Waals surface area contributed by atoms with Gasteiger partial charge in [-0.2, -0.15) is 5.10 Å². The maximum absolute atomic E-state index is 15.1. The molecule has 4 saturated heterocycles. The molecule has 0 radical (unpaired) electrons. The number of amides is 7. The number of ether oxygens (including phenoxy) is 1. The highest BCUT2D eigenvalue weighted by molar-refractivity contribution is 6.23. The summed E-state index contributed by atoms with van der Waals surface area (Å²) in [4.78, 5) is 88.8. The number of alkyl halides is 2. The second kappa shape index (κ2) is 18.0. The average Bonchev–Trinajstić information content (AvgIpc) is 3.84. The summed E-state index contributed by atoms with van der Waals surface area (Å²) in [7, 11) is 1.61. The number of fused-ring (bicyclic) bond motifs is 3. The summed E-state index contributed by atoms with van der Waals surface area (Å²) in [5, 5.41) is 10.1. The van der Waals surface area contributed by atoms with Crippen molar-refractivity contribution in [1.29, 1.82) is 0 Å². The Balaban J connectivity index is 0.778. The number of anilines is 3. The van der Waals surface area contributed by atoms with E-state index in [0.717, 1.165) is 79.1 Å². The maximum Gasteiger partial charge on any atom is 0.317 e. The zero-order valence-electron chi connectivity index (χ0n) is 37.2. The Hall–Kier alpha value is -5.95. The SMILES string of the molecule is CNC(=O)N1CCc2c(c(N3CCCc4cc(C(=O)N5CCC(CN6CCN(c7ccc8c(c7)C(=O)N(C7CCC(=O)NC7=O)C8=O)CC6)CC5)c(C(F)F)cc43)nn2C2CCOCC2)C1. The summed E-state index contributed by atoms with van der Waals surface area (Å²) in [5.74, 6) is -1.46. The molecule has 19 heteroatoms. The lowest BCUT2D eigenvalue weighted by Crippen LogP contribution is -2.54. The molecule has 7 aliphatic heterocycles.